The van der Waals surface area contributed by atoms with Crippen molar-refractivity contribution >= 4 is 33.0 Å². The predicted molar refractivity (Wildman–Crippen MR) is 79.0 cm³/mol. The van der Waals surface area contributed by atoms with E-state index in [2.05, 4.69) is 15.1 Å². The molecule has 6 nitrogen and oxygen atoms in total. The molecule has 0 aliphatic heterocycles. The van der Waals surface area contributed by atoms with E-state index in [9.17, 15) is 8.42 Å². The lowest BCUT2D eigenvalue weighted by Gasteiger charge is -2.13. The normalized spacial score (nSPS) is 11.2. The average molecular weight is 313 g/mol. The van der Waals surface area contributed by atoms with E-state index >= 15 is 0 Å². The van der Waals surface area contributed by atoms with Crippen LogP contribution in [0.4, 0.5) is 11.4 Å². The molecule has 0 fully saturated rings. The summed E-state index contributed by atoms with van der Waals surface area (Å²) in [7, 11) is -3.81. The smallest absolute Gasteiger partial charge is 0.265 e. The number of anilines is 2. The van der Waals surface area contributed by atoms with Gasteiger partial charge in [0.25, 0.3) is 10.0 Å². The van der Waals surface area contributed by atoms with Crippen molar-refractivity contribution in [1.29, 1.82) is 0 Å². The third kappa shape index (κ3) is 3.01. The standard InChI is InChI=1S/C12H13ClN4O2S/c1-8-2-3-9(13)6-11(8)17-20(18,19)12-7-15-5-4-10(12)16-14/h2-7,17H,14H2,1H3,(H,15,16). The Morgan fingerprint density at radius 1 is 1.25 bits per heavy atom. The van der Waals surface area contributed by atoms with E-state index < -0.39 is 10.0 Å². The highest BCUT2D eigenvalue weighted by Crippen LogP contribution is 2.25. The summed E-state index contributed by atoms with van der Waals surface area (Å²) in [6.07, 6.45) is 2.66. The van der Waals surface area contributed by atoms with Gasteiger partial charge >= 0.3 is 0 Å². The van der Waals surface area contributed by atoms with Crippen LogP contribution < -0.4 is 16.0 Å². The maximum Gasteiger partial charge on any atom is 0.265 e. The highest BCUT2D eigenvalue weighted by Gasteiger charge is 2.19. The molecule has 0 aliphatic carbocycles. The molecule has 4 N–H and O–H groups in total. The molecule has 0 spiro atoms. The van der Waals surface area contributed by atoms with Crippen molar-refractivity contribution in [1.82, 2.24) is 4.98 Å². The van der Waals surface area contributed by atoms with Crippen molar-refractivity contribution in [2.45, 2.75) is 11.8 Å². The second kappa shape index (κ2) is 5.66. The van der Waals surface area contributed by atoms with Crippen LogP contribution in [-0.2, 0) is 10.0 Å². The zero-order chi connectivity index (χ0) is 14.8. The number of nitrogens with two attached hydrogens (primary N) is 1. The molecule has 0 unspecified atom stereocenters. The average Bonchev–Trinajstić information content (AvgIpc) is 2.42. The largest absolute Gasteiger partial charge is 0.323 e. The van der Waals surface area contributed by atoms with Crippen molar-refractivity contribution in [2.75, 3.05) is 10.1 Å². The van der Waals surface area contributed by atoms with Gasteiger partial charge in [-0.3, -0.25) is 15.5 Å². The molecule has 2 rings (SSSR count). The monoisotopic (exact) mass is 312 g/mol. The van der Waals surface area contributed by atoms with E-state index in [0.29, 0.717) is 10.7 Å². The Morgan fingerprint density at radius 2 is 2.00 bits per heavy atom. The van der Waals surface area contributed by atoms with E-state index in [4.69, 9.17) is 17.4 Å². The van der Waals surface area contributed by atoms with E-state index in [1.165, 1.54) is 18.5 Å². The van der Waals surface area contributed by atoms with Crippen LogP contribution in [0.15, 0.2) is 41.6 Å². The van der Waals surface area contributed by atoms with Crippen LogP contribution in [0.3, 0.4) is 0 Å². The molecule has 0 atom stereocenters. The number of pyridine rings is 1. The minimum Gasteiger partial charge on any atom is -0.323 e. The highest BCUT2D eigenvalue weighted by molar-refractivity contribution is 7.92. The van der Waals surface area contributed by atoms with Crippen molar-refractivity contribution in [3.8, 4) is 0 Å². The fourth-order valence-corrected chi connectivity index (χ4v) is 3.02. The molecule has 106 valence electrons. The van der Waals surface area contributed by atoms with Crippen LogP contribution in [0.25, 0.3) is 0 Å². The maximum absolute atomic E-state index is 12.4. The molecule has 0 aliphatic rings. The lowest BCUT2D eigenvalue weighted by molar-refractivity contribution is 0.601. The van der Waals surface area contributed by atoms with Gasteiger partial charge in [0.2, 0.25) is 0 Å². The number of aromatic nitrogens is 1. The van der Waals surface area contributed by atoms with E-state index in [1.807, 2.05) is 0 Å². The van der Waals surface area contributed by atoms with Gasteiger partial charge in [-0.25, -0.2) is 8.42 Å². The summed E-state index contributed by atoms with van der Waals surface area (Å²) in [6, 6.07) is 6.43. The van der Waals surface area contributed by atoms with Crippen LogP contribution in [0.1, 0.15) is 5.56 Å². The molecule has 1 aromatic carbocycles. The van der Waals surface area contributed by atoms with Crippen molar-refractivity contribution in [3.63, 3.8) is 0 Å². The van der Waals surface area contributed by atoms with Gasteiger partial charge in [-0.15, -0.1) is 0 Å². The number of halogens is 1. The summed E-state index contributed by atoms with van der Waals surface area (Å²) >= 11 is 5.87. The Bertz CT molecular complexity index is 734. The number of nitrogens with zero attached hydrogens (tertiary/aromatic N) is 1. The Kier molecular flexibility index (Phi) is 4.12. The predicted octanol–water partition coefficient (Wildman–Crippen LogP) is 2.13. The molecule has 0 amide bonds. The van der Waals surface area contributed by atoms with Crippen molar-refractivity contribution in [2.24, 2.45) is 5.84 Å². The summed E-state index contributed by atoms with van der Waals surface area (Å²) in [5, 5.41) is 0.441. The number of nitrogen functional groups attached to an aromatic ring is 1. The quantitative estimate of drug-likeness (QED) is 0.593. The Balaban J connectivity index is 2.43. The van der Waals surface area contributed by atoms with Gasteiger partial charge in [0.1, 0.15) is 4.90 Å². The maximum atomic E-state index is 12.4. The van der Waals surface area contributed by atoms with Gasteiger partial charge in [0.05, 0.1) is 11.4 Å². The van der Waals surface area contributed by atoms with Gasteiger partial charge in [-0.1, -0.05) is 17.7 Å². The molecule has 0 saturated heterocycles. The first-order valence-corrected chi connectivity index (χ1v) is 7.50. The zero-order valence-corrected chi connectivity index (χ0v) is 12.2. The molecular weight excluding hydrogens is 300 g/mol. The van der Waals surface area contributed by atoms with Crippen LogP contribution >= 0.6 is 11.6 Å². The minimum absolute atomic E-state index is 0.0399. The van der Waals surface area contributed by atoms with E-state index in [-0.39, 0.29) is 10.6 Å². The number of rotatable bonds is 4. The number of hydrazine groups is 1. The lowest BCUT2D eigenvalue weighted by Crippen LogP contribution is -2.18. The second-order valence-corrected chi connectivity index (χ2v) is 6.17. The summed E-state index contributed by atoms with van der Waals surface area (Å²) in [5.41, 5.74) is 3.75. The molecule has 1 aromatic heterocycles. The molecule has 0 saturated carbocycles. The first kappa shape index (κ1) is 14.6. The Labute approximate surface area is 122 Å². The highest BCUT2D eigenvalue weighted by atomic mass is 35.5. The Morgan fingerprint density at radius 3 is 2.70 bits per heavy atom. The molecule has 20 heavy (non-hydrogen) atoms. The van der Waals surface area contributed by atoms with Gasteiger partial charge < -0.3 is 5.43 Å². The molecule has 0 bridgehead atoms. The number of hydrogen-bond donors (Lipinski definition) is 3. The number of benzene rings is 1. The fraction of sp³-hybridized carbons (Fsp3) is 0.0833. The van der Waals surface area contributed by atoms with Crippen LogP contribution in [0.5, 0.6) is 0 Å². The number of aryl methyl sites for hydroxylation is 1. The Hall–Kier alpha value is -1.83. The first-order valence-electron chi connectivity index (χ1n) is 5.63. The second-order valence-electron chi connectivity index (χ2n) is 4.08. The summed E-state index contributed by atoms with van der Waals surface area (Å²) in [4.78, 5) is 3.76. The van der Waals surface area contributed by atoms with Gasteiger partial charge in [0.15, 0.2) is 0 Å². The molecule has 0 radical (unpaired) electrons. The number of hydrogen-bond acceptors (Lipinski definition) is 5. The van der Waals surface area contributed by atoms with E-state index in [0.717, 1.165) is 5.56 Å². The van der Waals surface area contributed by atoms with E-state index in [1.54, 1.807) is 25.1 Å². The van der Waals surface area contributed by atoms with Gasteiger partial charge in [-0.2, -0.15) is 0 Å². The third-order valence-corrected chi connectivity index (χ3v) is 4.30. The topological polar surface area (TPSA) is 97.1 Å². The molecular formula is C12H13ClN4O2S. The molecule has 8 heteroatoms. The lowest BCUT2D eigenvalue weighted by atomic mass is 10.2. The summed E-state index contributed by atoms with van der Waals surface area (Å²) in [5.74, 6) is 5.30. The summed E-state index contributed by atoms with van der Waals surface area (Å²) in [6.45, 7) is 1.78. The number of sulfonamides is 1. The number of nitrogens with one attached hydrogen (secondary N) is 2. The van der Waals surface area contributed by atoms with Crippen LogP contribution in [-0.4, -0.2) is 13.4 Å². The minimum atomic E-state index is -3.81. The van der Waals surface area contributed by atoms with Crippen LogP contribution in [0, 0.1) is 6.92 Å². The first-order chi connectivity index (χ1) is 9.44. The molecule has 1 heterocycles. The third-order valence-electron chi connectivity index (χ3n) is 2.67. The zero-order valence-electron chi connectivity index (χ0n) is 10.6. The van der Waals surface area contributed by atoms with Crippen molar-refractivity contribution in [3.05, 3.63) is 47.2 Å². The SMILES string of the molecule is Cc1ccc(Cl)cc1NS(=O)(=O)c1cnccc1NN. The fourth-order valence-electron chi connectivity index (χ4n) is 1.62. The van der Waals surface area contributed by atoms with Gasteiger partial charge in [-0.05, 0) is 30.7 Å². The summed E-state index contributed by atoms with van der Waals surface area (Å²) < 4.78 is 27.2. The van der Waals surface area contributed by atoms with Crippen molar-refractivity contribution < 1.29 is 8.42 Å². The molecule has 2 aromatic rings. The van der Waals surface area contributed by atoms with Gasteiger partial charge in [0, 0.05) is 17.4 Å². The van der Waals surface area contributed by atoms with Crippen LogP contribution in [0.2, 0.25) is 5.02 Å².